The lowest BCUT2D eigenvalue weighted by Gasteiger charge is -2.26. The van der Waals surface area contributed by atoms with Crippen LogP contribution in [-0.4, -0.2) is 42.2 Å². The molecule has 1 fully saturated rings. The van der Waals surface area contributed by atoms with Gasteiger partial charge in [-0.1, -0.05) is 38.1 Å². The second-order valence-electron chi connectivity index (χ2n) is 9.21. The van der Waals surface area contributed by atoms with Crippen LogP contribution >= 0.6 is 0 Å². The topological polar surface area (TPSA) is 45.7 Å². The molecule has 0 saturated carbocycles. The number of urea groups is 1. The fraction of sp³-hybridized carbons (Fsp3) is 0.333. The van der Waals surface area contributed by atoms with Crippen molar-refractivity contribution in [1.82, 2.24) is 9.88 Å². The second kappa shape index (κ2) is 10.0. The van der Waals surface area contributed by atoms with Crippen LogP contribution in [0.5, 0.6) is 5.75 Å². The normalized spacial score (nSPS) is 14.1. The Morgan fingerprint density at radius 3 is 2.24 bits per heavy atom. The van der Waals surface area contributed by atoms with E-state index in [-0.39, 0.29) is 17.3 Å². The van der Waals surface area contributed by atoms with Gasteiger partial charge in [-0.25, -0.2) is 9.18 Å². The summed E-state index contributed by atoms with van der Waals surface area (Å²) in [6.45, 7) is 7.18. The number of hydrogen-bond acceptors (Lipinski definition) is 3. The number of benzene rings is 2. The van der Waals surface area contributed by atoms with Crippen LogP contribution in [-0.2, 0) is 0 Å². The van der Waals surface area contributed by atoms with Gasteiger partial charge in [0, 0.05) is 37.7 Å². The number of anilines is 1. The number of aromatic nitrogens is 1. The zero-order valence-corrected chi connectivity index (χ0v) is 19.2. The molecule has 4 rings (SSSR count). The number of carbonyl (C=O) groups is 1. The van der Waals surface area contributed by atoms with E-state index in [0.717, 1.165) is 48.5 Å². The highest BCUT2D eigenvalue weighted by Crippen LogP contribution is 2.27. The molecule has 1 aliphatic heterocycles. The predicted octanol–water partition coefficient (Wildman–Crippen LogP) is 6.02. The van der Waals surface area contributed by atoms with Gasteiger partial charge in [0.15, 0.2) is 0 Å². The quantitative estimate of drug-likeness (QED) is 0.403. The van der Waals surface area contributed by atoms with Crippen molar-refractivity contribution < 1.29 is 13.9 Å². The number of nitrogens with zero attached hydrogens (tertiary/aromatic N) is 3. The first kappa shape index (κ1) is 22.8. The minimum atomic E-state index is -0.235. The molecule has 0 bridgehead atoms. The fourth-order valence-electron chi connectivity index (χ4n) is 4.04. The summed E-state index contributed by atoms with van der Waals surface area (Å²) in [5.41, 5.74) is 2.89. The lowest BCUT2D eigenvalue weighted by atomic mass is 9.89. The van der Waals surface area contributed by atoms with Gasteiger partial charge in [-0.15, -0.1) is 0 Å². The van der Waals surface area contributed by atoms with Gasteiger partial charge in [-0.2, -0.15) is 0 Å². The van der Waals surface area contributed by atoms with E-state index in [9.17, 15) is 9.18 Å². The first-order valence-corrected chi connectivity index (χ1v) is 11.4. The van der Waals surface area contributed by atoms with Crippen molar-refractivity contribution in [3.8, 4) is 16.9 Å². The molecule has 0 unspecified atom stereocenters. The number of amides is 2. The zero-order valence-electron chi connectivity index (χ0n) is 19.2. The molecule has 1 saturated heterocycles. The molecule has 6 heteroatoms. The molecule has 0 aliphatic carbocycles. The van der Waals surface area contributed by atoms with Crippen molar-refractivity contribution in [3.63, 3.8) is 0 Å². The van der Waals surface area contributed by atoms with Gasteiger partial charge < -0.3 is 9.64 Å². The maximum atomic E-state index is 13.1. The molecule has 3 aromatic rings. The molecule has 2 heterocycles. The molecule has 33 heavy (non-hydrogen) atoms. The van der Waals surface area contributed by atoms with Crippen LogP contribution in [0.3, 0.4) is 0 Å². The van der Waals surface area contributed by atoms with Gasteiger partial charge in [0.25, 0.3) is 0 Å². The molecular weight excluding hydrogens is 417 g/mol. The summed E-state index contributed by atoms with van der Waals surface area (Å²) < 4.78 is 19.2. The van der Waals surface area contributed by atoms with Crippen LogP contribution in [0.25, 0.3) is 11.1 Å². The molecule has 0 N–H and O–H groups in total. The van der Waals surface area contributed by atoms with Crippen LogP contribution in [0.1, 0.15) is 26.7 Å². The Kier molecular flexibility index (Phi) is 6.92. The SMILES string of the molecule is CC(C)(CCCN1CCN(c2ccncc2)C1=O)COc1ccc(-c2ccc(F)cc2)cc1. The average Bonchev–Trinajstić information content (AvgIpc) is 3.19. The van der Waals surface area contributed by atoms with Gasteiger partial charge in [0.2, 0.25) is 0 Å². The number of carbonyl (C=O) groups excluding carboxylic acids is 1. The Balaban J connectivity index is 1.22. The number of halogens is 1. The van der Waals surface area contributed by atoms with Crippen molar-refractivity contribution in [1.29, 1.82) is 0 Å². The standard InChI is InChI=1S/C27H30FN3O2/c1-27(2,14-3-17-30-18-19-31(26(30)32)24-12-15-29-16-13-24)20-33-25-10-6-22(7-11-25)21-4-8-23(28)9-5-21/h4-13,15-16H,3,14,17-20H2,1-2H3. The number of hydrogen-bond donors (Lipinski definition) is 0. The third-order valence-corrected chi connectivity index (χ3v) is 6.01. The summed E-state index contributed by atoms with van der Waals surface area (Å²) in [4.78, 5) is 20.5. The monoisotopic (exact) mass is 447 g/mol. The zero-order chi connectivity index (χ0) is 23.3. The van der Waals surface area contributed by atoms with Crippen molar-refractivity contribution in [2.75, 3.05) is 31.1 Å². The van der Waals surface area contributed by atoms with Crippen molar-refractivity contribution in [2.24, 2.45) is 5.41 Å². The first-order chi connectivity index (χ1) is 15.9. The molecule has 0 spiro atoms. The van der Waals surface area contributed by atoms with Crippen LogP contribution in [0.4, 0.5) is 14.9 Å². The van der Waals surface area contributed by atoms with Crippen molar-refractivity contribution in [2.45, 2.75) is 26.7 Å². The third kappa shape index (κ3) is 5.89. The molecule has 1 aliphatic rings. The van der Waals surface area contributed by atoms with Gasteiger partial charge in [0.05, 0.1) is 6.61 Å². The molecule has 2 aromatic carbocycles. The second-order valence-corrected chi connectivity index (χ2v) is 9.21. The molecule has 2 amide bonds. The minimum Gasteiger partial charge on any atom is -0.493 e. The van der Waals surface area contributed by atoms with E-state index in [1.807, 2.05) is 46.2 Å². The van der Waals surface area contributed by atoms with E-state index in [1.165, 1.54) is 12.1 Å². The van der Waals surface area contributed by atoms with E-state index in [1.54, 1.807) is 24.5 Å². The Labute approximate surface area is 194 Å². The summed E-state index contributed by atoms with van der Waals surface area (Å²) in [6, 6.07) is 18.2. The van der Waals surface area contributed by atoms with Crippen molar-refractivity contribution in [3.05, 3.63) is 78.9 Å². The maximum absolute atomic E-state index is 13.1. The highest BCUT2D eigenvalue weighted by atomic mass is 19.1. The summed E-state index contributed by atoms with van der Waals surface area (Å²) >= 11 is 0. The van der Waals surface area contributed by atoms with Crippen LogP contribution < -0.4 is 9.64 Å². The number of rotatable bonds is 9. The van der Waals surface area contributed by atoms with Gasteiger partial charge in [0.1, 0.15) is 11.6 Å². The van der Waals surface area contributed by atoms with Gasteiger partial charge in [-0.3, -0.25) is 9.88 Å². The van der Waals surface area contributed by atoms with E-state index in [4.69, 9.17) is 4.74 Å². The molecule has 1 aromatic heterocycles. The summed E-state index contributed by atoms with van der Waals surface area (Å²) in [5, 5.41) is 0. The first-order valence-electron chi connectivity index (χ1n) is 11.4. The Hall–Kier alpha value is -3.41. The molecule has 172 valence electrons. The van der Waals surface area contributed by atoms with E-state index in [2.05, 4.69) is 18.8 Å². The van der Waals surface area contributed by atoms with Gasteiger partial charge >= 0.3 is 6.03 Å². The summed E-state index contributed by atoms with van der Waals surface area (Å²) in [5.74, 6) is 0.581. The fourth-order valence-corrected chi connectivity index (χ4v) is 4.04. The number of ether oxygens (including phenoxy) is 1. The number of pyridine rings is 1. The van der Waals surface area contributed by atoms with Gasteiger partial charge in [-0.05, 0) is 65.8 Å². The van der Waals surface area contributed by atoms with E-state index >= 15 is 0 Å². The summed E-state index contributed by atoms with van der Waals surface area (Å²) in [7, 11) is 0. The van der Waals surface area contributed by atoms with E-state index < -0.39 is 0 Å². The molecule has 0 atom stereocenters. The highest BCUT2D eigenvalue weighted by molar-refractivity contribution is 5.94. The molecule has 5 nitrogen and oxygen atoms in total. The Morgan fingerprint density at radius 2 is 1.58 bits per heavy atom. The van der Waals surface area contributed by atoms with Crippen molar-refractivity contribution >= 4 is 11.7 Å². The lowest BCUT2D eigenvalue weighted by Crippen LogP contribution is -2.33. The maximum Gasteiger partial charge on any atom is 0.324 e. The lowest BCUT2D eigenvalue weighted by molar-refractivity contribution is 0.161. The van der Waals surface area contributed by atoms with Crippen LogP contribution in [0, 0.1) is 11.2 Å². The third-order valence-electron chi connectivity index (χ3n) is 6.01. The van der Waals surface area contributed by atoms with Crippen LogP contribution in [0.15, 0.2) is 73.1 Å². The molecule has 0 radical (unpaired) electrons. The van der Waals surface area contributed by atoms with Crippen LogP contribution in [0.2, 0.25) is 0 Å². The molecular formula is C27H30FN3O2. The Morgan fingerprint density at radius 1 is 0.939 bits per heavy atom. The largest absolute Gasteiger partial charge is 0.493 e. The smallest absolute Gasteiger partial charge is 0.324 e. The highest BCUT2D eigenvalue weighted by Gasteiger charge is 2.29. The Bertz CT molecular complexity index is 1050. The predicted molar refractivity (Wildman–Crippen MR) is 129 cm³/mol. The minimum absolute atomic E-state index is 0.0107. The summed E-state index contributed by atoms with van der Waals surface area (Å²) in [6.07, 6.45) is 5.31. The average molecular weight is 448 g/mol. The van der Waals surface area contributed by atoms with E-state index in [0.29, 0.717) is 13.2 Å².